The molecule has 1 saturated heterocycles. The second kappa shape index (κ2) is 9.91. The van der Waals surface area contributed by atoms with Gasteiger partial charge in [0.2, 0.25) is 11.8 Å². The zero-order chi connectivity index (χ0) is 22.5. The largest absolute Gasteiger partial charge is 0.497 e. The Labute approximate surface area is 188 Å². The monoisotopic (exact) mass is 439 g/mol. The average Bonchev–Trinajstić information content (AvgIpc) is 3.26. The molecule has 2 aromatic rings. The summed E-state index contributed by atoms with van der Waals surface area (Å²) >= 11 is 0. The van der Waals surface area contributed by atoms with E-state index in [1.54, 1.807) is 38.4 Å². The number of fused-ring (bicyclic) bond motifs is 1. The molecule has 4 rings (SSSR count). The fraction of sp³-hybridized carbons (Fsp3) is 0.417. The molecule has 170 valence electrons. The van der Waals surface area contributed by atoms with E-state index in [1.165, 1.54) is 4.90 Å². The lowest BCUT2D eigenvalue weighted by atomic mass is 10.0. The van der Waals surface area contributed by atoms with E-state index < -0.39 is 0 Å². The van der Waals surface area contributed by atoms with Gasteiger partial charge in [-0.25, -0.2) is 0 Å². The molecule has 8 heteroatoms. The standard InChI is InChI=1S/C24H29N3O5/c1-26(15-23(28)25-18-5-3-6-19(14-18)30-2)24(29)16-27-10-4-7-20(27)17-8-9-21-22(13-17)32-12-11-31-21/h3,5-6,8-9,13-14,20H,4,7,10-12,15-16H2,1-2H3,(H,25,28). The van der Waals surface area contributed by atoms with Crippen LogP contribution in [-0.4, -0.2) is 68.6 Å². The molecular formula is C24H29N3O5. The number of amides is 2. The Morgan fingerprint density at radius 3 is 2.78 bits per heavy atom. The summed E-state index contributed by atoms with van der Waals surface area (Å²) in [4.78, 5) is 28.9. The summed E-state index contributed by atoms with van der Waals surface area (Å²) in [6.07, 6.45) is 2.00. The molecule has 2 aliphatic heterocycles. The number of likely N-dealkylation sites (tertiary alicyclic amines) is 1. The molecule has 0 aromatic heterocycles. The van der Waals surface area contributed by atoms with E-state index in [-0.39, 0.29) is 30.9 Å². The molecule has 2 amide bonds. The van der Waals surface area contributed by atoms with Gasteiger partial charge >= 0.3 is 0 Å². The Kier molecular flexibility index (Phi) is 6.80. The summed E-state index contributed by atoms with van der Waals surface area (Å²) in [7, 11) is 3.23. The molecule has 1 atom stereocenters. The number of benzene rings is 2. The molecule has 2 heterocycles. The second-order valence-electron chi connectivity index (χ2n) is 8.06. The van der Waals surface area contributed by atoms with Crippen LogP contribution in [0.15, 0.2) is 42.5 Å². The van der Waals surface area contributed by atoms with Crippen LogP contribution < -0.4 is 19.5 Å². The molecule has 0 spiro atoms. The Balaban J connectivity index is 1.33. The number of hydrogen-bond donors (Lipinski definition) is 1. The van der Waals surface area contributed by atoms with E-state index in [2.05, 4.69) is 10.2 Å². The highest BCUT2D eigenvalue weighted by Gasteiger charge is 2.29. The van der Waals surface area contributed by atoms with E-state index in [4.69, 9.17) is 14.2 Å². The molecule has 2 aromatic carbocycles. The number of ether oxygens (including phenoxy) is 3. The first kappa shape index (κ1) is 22.0. The van der Waals surface area contributed by atoms with Crippen LogP contribution in [0.3, 0.4) is 0 Å². The highest BCUT2D eigenvalue weighted by atomic mass is 16.6. The lowest BCUT2D eigenvalue weighted by Gasteiger charge is -2.27. The van der Waals surface area contributed by atoms with Crippen LogP contribution in [-0.2, 0) is 9.59 Å². The van der Waals surface area contributed by atoms with Crippen molar-refractivity contribution >= 4 is 17.5 Å². The van der Waals surface area contributed by atoms with E-state index in [0.717, 1.165) is 36.4 Å². The summed E-state index contributed by atoms with van der Waals surface area (Å²) in [5.74, 6) is 1.85. The van der Waals surface area contributed by atoms with E-state index in [1.807, 2.05) is 18.2 Å². The minimum atomic E-state index is -0.251. The first-order valence-corrected chi connectivity index (χ1v) is 10.8. The summed E-state index contributed by atoms with van der Waals surface area (Å²) < 4.78 is 16.5. The molecule has 0 bridgehead atoms. The number of nitrogens with zero attached hydrogens (tertiary/aromatic N) is 2. The Morgan fingerprint density at radius 1 is 1.16 bits per heavy atom. The summed E-state index contributed by atoms with van der Waals surface area (Å²) in [6.45, 7) is 2.20. The van der Waals surface area contributed by atoms with Gasteiger partial charge in [-0.3, -0.25) is 14.5 Å². The zero-order valence-corrected chi connectivity index (χ0v) is 18.5. The van der Waals surface area contributed by atoms with Gasteiger partial charge < -0.3 is 24.4 Å². The lowest BCUT2D eigenvalue weighted by molar-refractivity contribution is -0.134. The van der Waals surface area contributed by atoms with Crippen molar-refractivity contribution < 1.29 is 23.8 Å². The van der Waals surface area contributed by atoms with Gasteiger partial charge in [-0.15, -0.1) is 0 Å². The normalized spacial score (nSPS) is 17.6. The van der Waals surface area contributed by atoms with Crippen LogP contribution in [0.4, 0.5) is 5.69 Å². The number of carbonyl (C=O) groups excluding carboxylic acids is 2. The fourth-order valence-corrected chi connectivity index (χ4v) is 4.16. The number of carbonyl (C=O) groups is 2. The van der Waals surface area contributed by atoms with Gasteiger partial charge in [0.05, 0.1) is 20.2 Å². The van der Waals surface area contributed by atoms with Crippen LogP contribution in [0, 0.1) is 0 Å². The van der Waals surface area contributed by atoms with E-state index in [0.29, 0.717) is 24.7 Å². The molecule has 0 radical (unpaired) electrons. The van der Waals surface area contributed by atoms with Gasteiger partial charge in [0.25, 0.3) is 0 Å². The van der Waals surface area contributed by atoms with Crippen LogP contribution in [0.25, 0.3) is 0 Å². The Hall–Kier alpha value is -3.26. The molecular weight excluding hydrogens is 410 g/mol. The van der Waals surface area contributed by atoms with Crippen LogP contribution in [0.5, 0.6) is 17.2 Å². The van der Waals surface area contributed by atoms with Crippen LogP contribution >= 0.6 is 0 Å². The highest BCUT2D eigenvalue weighted by Crippen LogP contribution is 2.37. The molecule has 0 saturated carbocycles. The molecule has 8 nitrogen and oxygen atoms in total. The van der Waals surface area contributed by atoms with Crippen molar-refractivity contribution in [2.45, 2.75) is 18.9 Å². The molecule has 0 aliphatic carbocycles. The van der Waals surface area contributed by atoms with Crippen molar-refractivity contribution in [1.29, 1.82) is 0 Å². The fourth-order valence-electron chi connectivity index (χ4n) is 4.16. The maximum absolute atomic E-state index is 12.8. The minimum absolute atomic E-state index is 0.0153. The molecule has 1 unspecified atom stereocenters. The topological polar surface area (TPSA) is 80.3 Å². The Bertz CT molecular complexity index is 980. The van der Waals surface area contributed by atoms with Gasteiger partial charge in [-0.1, -0.05) is 12.1 Å². The van der Waals surface area contributed by atoms with Crippen LogP contribution in [0.1, 0.15) is 24.4 Å². The summed E-state index contributed by atoms with van der Waals surface area (Å²) in [6, 6.07) is 13.3. The van der Waals surface area contributed by atoms with Crippen molar-refractivity contribution in [2.75, 3.05) is 52.3 Å². The summed E-state index contributed by atoms with van der Waals surface area (Å²) in [5.41, 5.74) is 1.76. The number of hydrogen-bond acceptors (Lipinski definition) is 6. The zero-order valence-electron chi connectivity index (χ0n) is 18.5. The third kappa shape index (κ3) is 5.13. The molecule has 1 fully saturated rings. The van der Waals surface area contributed by atoms with Crippen molar-refractivity contribution in [2.24, 2.45) is 0 Å². The molecule has 32 heavy (non-hydrogen) atoms. The second-order valence-corrected chi connectivity index (χ2v) is 8.06. The number of likely N-dealkylation sites (N-methyl/N-ethyl adjacent to an activating group) is 1. The number of rotatable bonds is 7. The number of nitrogens with one attached hydrogen (secondary N) is 1. The predicted molar refractivity (Wildman–Crippen MR) is 120 cm³/mol. The predicted octanol–water partition coefficient (Wildman–Crippen LogP) is 2.70. The maximum atomic E-state index is 12.8. The number of anilines is 1. The molecule has 2 aliphatic rings. The van der Waals surface area contributed by atoms with Gasteiger partial charge in [0, 0.05) is 24.8 Å². The van der Waals surface area contributed by atoms with Crippen molar-refractivity contribution in [3.05, 3.63) is 48.0 Å². The minimum Gasteiger partial charge on any atom is -0.497 e. The van der Waals surface area contributed by atoms with Gasteiger partial charge in [-0.05, 0) is 49.2 Å². The van der Waals surface area contributed by atoms with Crippen molar-refractivity contribution in [3.63, 3.8) is 0 Å². The van der Waals surface area contributed by atoms with Gasteiger partial charge in [0.15, 0.2) is 11.5 Å². The van der Waals surface area contributed by atoms with E-state index in [9.17, 15) is 9.59 Å². The third-order valence-corrected chi connectivity index (χ3v) is 5.81. The lowest BCUT2D eigenvalue weighted by Crippen LogP contribution is -2.41. The average molecular weight is 440 g/mol. The summed E-state index contributed by atoms with van der Waals surface area (Å²) in [5, 5.41) is 2.81. The SMILES string of the molecule is COc1cccc(NC(=O)CN(C)C(=O)CN2CCCC2c2ccc3c(c2)OCCO3)c1. The Morgan fingerprint density at radius 2 is 1.97 bits per heavy atom. The quantitative estimate of drug-likeness (QED) is 0.715. The maximum Gasteiger partial charge on any atom is 0.243 e. The van der Waals surface area contributed by atoms with Crippen molar-refractivity contribution in [1.82, 2.24) is 9.80 Å². The van der Waals surface area contributed by atoms with Crippen LogP contribution in [0.2, 0.25) is 0 Å². The molecule has 1 N–H and O–H groups in total. The van der Waals surface area contributed by atoms with E-state index >= 15 is 0 Å². The van der Waals surface area contributed by atoms with Crippen molar-refractivity contribution in [3.8, 4) is 17.2 Å². The highest BCUT2D eigenvalue weighted by molar-refractivity contribution is 5.94. The van der Waals surface area contributed by atoms with Gasteiger partial charge in [-0.2, -0.15) is 0 Å². The number of methoxy groups -OCH3 is 1. The first-order valence-electron chi connectivity index (χ1n) is 10.8. The smallest absolute Gasteiger partial charge is 0.243 e. The first-order chi connectivity index (χ1) is 15.5. The third-order valence-electron chi connectivity index (χ3n) is 5.81. The van der Waals surface area contributed by atoms with Gasteiger partial charge in [0.1, 0.15) is 19.0 Å².